The van der Waals surface area contributed by atoms with Gasteiger partial charge in [0.2, 0.25) is 10.0 Å². The first-order valence-corrected chi connectivity index (χ1v) is 11.4. The van der Waals surface area contributed by atoms with Crippen molar-refractivity contribution in [1.29, 1.82) is 0 Å². The molecule has 2 aromatic carbocycles. The number of amides is 1. The Labute approximate surface area is 176 Å². The second kappa shape index (κ2) is 7.54. The van der Waals surface area contributed by atoms with Crippen LogP contribution in [-0.2, 0) is 20.2 Å². The van der Waals surface area contributed by atoms with Gasteiger partial charge < -0.3 is 10.1 Å². The van der Waals surface area contributed by atoms with Gasteiger partial charge in [0, 0.05) is 10.7 Å². The number of benzene rings is 2. The number of halogens is 1. The number of carbonyl (C=O) groups excluding carboxylic acids is 1. The lowest BCUT2D eigenvalue weighted by Gasteiger charge is -2.35. The van der Waals surface area contributed by atoms with Crippen LogP contribution >= 0.6 is 11.6 Å². The number of hydrogen-bond acceptors (Lipinski definition) is 4. The van der Waals surface area contributed by atoms with Crippen molar-refractivity contribution < 1.29 is 17.9 Å². The van der Waals surface area contributed by atoms with Crippen LogP contribution in [0.4, 0.5) is 11.4 Å². The number of rotatable bonds is 3. The number of carbonyl (C=O) groups is 1. The van der Waals surface area contributed by atoms with Crippen molar-refractivity contribution in [3.8, 4) is 5.75 Å². The number of aryl methyl sites for hydroxylation is 1. The molecular weight excluding hydrogens is 412 g/mol. The smallest absolute Gasteiger partial charge is 0.267 e. The molecule has 0 spiro atoms. The average molecular weight is 437 g/mol. The zero-order chi connectivity index (χ0) is 21.6. The number of hydrogen-bond donors (Lipinski definition) is 1. The minimum absolute atomic E-state index is 0.0993. The monoisotopic (exact) mass is 436 g/mol. The molecule has 1 aliphatic heterocycles. The Morgan fingerprint density at radius 2 is 1.90 bits per heavy atom. The quantitative estimate of drug-likeness (QED) is 0.785. The lowest BCUT2D eigenvalue weighted by molar-refractivity contribution is -0.122. The largest absolute Gasteiger partial charge is 0.476 e. The van der Waals surface area contributed by atoms with Gasteiger partial charge in [-0.05, 0) is 53.8 Å². The van der Waals surface area contributed by atoms with Crippen LogP contribution in [0.5, 0.6) is 5.75 Å². The van der Waals surface area contributed by atoms with Gasteiger partial charge in [-0.25, -0.2) is 8.42 Å². The topological polar surface area (TPSA) is 75.7 Å². The first-order valence-electron chi connectivity index (χ1n) is 9.22. The van der Waals surface area contributed by atoms with E-state index < -0.39 is 22.0 Å². The van der Waals surface area contributed by atoms with Gasteiger partial charge >= 0.3 is 0 Å². The molecule has 156 valence electrons. The molecule has 2 aromatic rings. The second-order valence-electron chi connectivity index (χ2n) is 8.28. The fraction of sp³-hybridized carbons (Fsp3) is 0.381. The summed E-state index contributed by atoms with van der Waals surface area (Å²) in [4.78, 5) is 12.8. The Hall–Kier alpha value is -2.25. The Bertz CT molecular complexity index is 1060. The second-order valence-corrected chi connectivity index (χ2v) is 10.6. The molecule has 0 aromatic heterocycles. The fourth-order valence-electron chi connectivity index (χ4n) is 3.15. The van der Waals surface area contributed by atoms with Crippen molar-refractivity contribution in [2.75, 3.05) is 22.4 Å². The maximum absolute atomic E-state index is 12.8. The highest BCUT2D eigenvalue weighted by Crippen LogP contribution is 2.38. The predicted octanol–water partition coefficient (Wildman–Crippen LogP) is 4.11. The van der Waals surface area contributed by atoms with Gasteiger partial charge in [-0.1, -0.05) is 38.4 Å². The number of ether oxygens (including phenoxy) is 1. The normalized spacial score (nSPS) is 16.8. The summed E-state index contributed by atoms with van der Waals surface area (Å²) >= 11 is 5.96. The molecule has 0 aliphatic carbocycles. The fourth-order valence-corrected chi connectivity index (χ4v) is 4.28. The Morgan fingerprint density at radius 3 is 2.48 bits per heavy atom. The van der Waals surface area contributed by atoms with Crippen LogP contribution in [0.15, 0.2) is 36.4 Å². The Balaban J connectivity index is 1.93. The molecule has 8 heteroatoms. The zero-order valence-electron chi connectivity index (χ0n) is 17.1. The van der Waals surface area contributed by atoms with E-state index in [1.807, 2.05) is 39.8 Å². The molecule has 0 saturated heterocycles. The van der Waals surface area contributed by atoms with E-state index in [0.717, 1.165) is 17.4 Å². The first-order chi connectivity index (χ1) is 13.4. The maximum Gasteiger partial charge on any atom is 0.267 e. The molecule has 3 rings (SSSR count). The van der Waals surface area contributed by atoms with E-state index in [2.05, 4.69) is 5.32 Å². The number of nitrogens with one attached hydrogen (secondary N) is 1. The van der Waals surface area contributed by atoms with Crippen LogP contribution < -0.4 is 14.4 Å². The molecule has 0 radical (unpaired) electrons. The van der Waals surface area contributed by atoms with Gasteiger partial charge in [-0.15, -0.1) is 0 Å². The van der Waals surface area contributed by atoms with E-state index in [1.54, 1.807) is 24.3 Å². The number of nitrogens with zero attached hydrogens (tertiary/aromatic N) is 1. The van der Waals surface area contributed by atoms with Crippen LogP contribution in [0.25, 0.3) is 0 Å². The molecule has 29 heavy (non-hydrogen) atoms. The lowest BCUT2D eigenvalue weighted by Crippen LogP contribution is -2.48. The Kier molecular flexibility index (Phi) is 5.58. The minimum Gasteiger partial charge on any atom is -0.476 e. The van der Waals surface area contributed by atoms with Crippen molar-refractivity contribution in [2.24, 2.45) is 0 Å². The molecule has 0 saturated carbocycles. The summed E-state index contributed by atoms with van der Waals surface area (Å²) in [7, 11) is -3.60. The molecular formula is C21H25ClN2O4S. The van der Waals surface area contributed by atoms with Crippen molar-refractivity contribution in [2.45, 2.75) is 39.2 Å². The Morgan fingerprint density at radius 1 is 1.21 bits per heavy atom. The summed E-state index contributed by atoms with van der Waals surface area (Å²) in [6, 6.07) is 10.6. The van der Waals surface area contributed by atoms with Gasteiger partial charge in [0.05, 0.1) is 18.5 Å². The van der Waals surface area contributed by atoms with Crippen LogP contribution in [-0.4, -0.2) is 33.2 Å². The molecule has 0 bridgehead atoms. The predicted molar refractivity (Wildman–Crippen MR) is 117 cm³/mol. The highest BCUT2D eigenvalue weighted by Gasteiger charge is 2.36. The van der Waals surface area contributed by atoms with Crippen LogP contribution in [0, 0.1) is 6.92 Å². The van der Waals surface area contributed by atoms with Gasteiger partial charge in [0.1, 0.15) is 5.75 Å². The van der Waals surface area contributed by atoms with E-state index in [4.69, 9.17) is 16.3 Å². The average Bonchev–Trinajstić information content (AvgIpc) is 2.61. The summed E-state index contributed by atoms with van der Waals surface area (Å²) in [5, 5.41) is 3.37. The molecule has 1 atom stereocenters. The SMILES string of the molecule is Cc1cc(Cl)ccc1NC(=O)C1CN(S(C)(=O)=O)c2cc(C(C)(C)C)ccc2O1. The third-order valence-corrected chi connectivity index (χ3v) is 6.22. The molecule has 1 heterocycles. The summed E-state index contributed by atoms with van der Waals surface area (Å²) < 4.78 is 32.0. The van der Waals surface area contributed by atoms with Crippen LogP contribution in [0.3, 0.4) is 0 Å². The number of sulfonamides is 1. The number of fused-ring (bicyclic) bond motifs is 1. The van der Waals surface area contributed by atoms with Crippen LogP contribution in [0.2, 0.25) is 5.02 Å². The summed E-state index contributed by atoms with van der Waals surface area (Å²) in [5.74, 6) is -0.0581. The molecule has 1 amide bonds. The third kappa shape index (κ3) is 4.67. The van der Waals surface area contributed by atoms with Crippen molar-refractivity contribution in [3.63, 3.8) is 0 Å². The van der Waals surface area contributed by atoms with E-state index in [-0.39, 0.29) is 12.0 Å². The molecule has 6 nitrogen and oxygen atoms in total. The van der Waals surface area contributed by atoms with Crippen molar-refractivity contribution >= 4 is 38.9 Å². The first kappa shape index (κ1) is 21.5. The standard InChI is InChI=1S/C21H25ClN2O4S/c1-13-10-15(22)7-8-16(13)23-20(25)19-12-24(29(5,26)27)17-11-14(21(2,3)4)6-9-18(17)28-19/h6-11,19H,12H2,1-5H3,(H,23,25). The lowest BCUT2D eigenvalue weighted by atomic mass is 9.86. The molecule has 1 unspecified atom stereocenters. The van der Waals surface area contributed by atoms with Crippen molar-refractivity contribution in [1.82, 2.24) is 0 Å². The minimum atomic E-state index is -3.60. The summed E-state index contributed by atoms with van der Waals surface area (Å²) in [6.45, 7) is 7.88. The van der Waals surface area contributed by atoms with Gasteiger partial charge in [-0.2, -0.15) is 0 Å². The molecule has 0 fully saturated rings. The van der Waals surface area contributed by atoms with Crippen LogP contribution in [0.1, 0.15) is 31.9 Å². The summed E-state index contributed by atoms with van der Waals surface area (Å²) in [6.07, 6.45) is 0.150. The van der Waals surface area contributed by atoms with Crippen molar-refractivity contribution in [3.05, 3.63) is 52.5 Å². The highest BCUT2D eigenvalue weighted by atomic mass is 35.5. The molecule has 1 aliphatic rings. The zero-order valence-corrected chi connectivity index (χ0v) is 18.7. The van der Waals surface area contributed by atoms with Gasteiger partial charge in [-0.3, -0.25) is 9.10 Å². The third-order valence-electron chi connectivity index (χ3n) is 4.83. The van der Waals surface area contributed by atoms with E-state index in [1.165, 1.54) is 4.31 Å². The van der Waals surface area contributed by atoms with E-state index in [9.17, 15) is 13.2 Å². The van der Waals surface area contributed by atoms with E-state index in [0.29, 0.717) is 22.1 Å². The number of anilines is 2. The molecule has 1 N–H and O–H groups in total. The highest BCUT2D eigenvalue weighted by molar-refractivity contribution is 7.92. The van der Waals surface area contributed by atoms with Gasteiger partial charge in [0.15, 0.2) is 6.10 Å². The van der Waals surface area contributed by atoms with E-state index >= 15 is 0 Å². The summed E-state index contributed by atoms with van der Waals surface area (Å²) in [5.41, 5.74) is 2.68. The maximum atomic E-state index is 12.8. The van der Waals surface area contributed by atoms with Gasteiger partial charge in [0.25, 0.3) is 5.91 Å².